The van der Waals surface area contributed by atoms with Crippen LogP contribution in [0.25, 0.3) is 16.6 Å². The molecule has 4 aromatic rings. The number of rotatable bonds is 5. The fourth-order valence-corrected chi connectivity index (χ4v) is 4.95. The van der Waals surface area contributed by atoms with E-state index in [0.717, 1.165) is 19.5 Å². The van der Waals surface area contributed by atoms with Crippen LogP contribution in [-0.4, -0.2) is 46.8 Å². The first-order chi connectivity index (χ1) is 15.9. The second-order valence-corrected chi connectivity index (χ2v) is 9.38. The minimum absolute atomic E-state index is 0.00625. The average Bonchev–Trinajstić information content (AvgIpc) is 3.50. The SMILES string of the molecule is CN1CCC(NC(=O)c2cc(-n3ncc4cc(Nc5c([18F])cccc5Cl)c(F)cc43)cs2)C1. The van der Waals surface area contributed by atoms with Crippen LogP contribution in [-0.2, 0) is 0 Å². The summed E-state index contributed by atoms with van der Waals surface area (Å²) in [7, 11) is 2.03. The molecule has 1 aliphatic heterocycles. The molecule has 0 spiro atoms. The first-order valence-corrected chi connectivity index (χ1v) is 11.6. The lowest BCUT2D eigenvalue weighted by Crippen LogP contribution is -2.36. The Kier molecular flexibility index (Phi) is 5.77. The third-order valence-corrected chi connectivity index (χ3v) is 6.89. The van der Waals surface area contributed by atoms with Crippen LogP contribution >= 0.6 is 22.9 Å². The van der Waals surface area contributed by atoms with E-state index in [1.807, 2.05) is 12.4 Å². The highest BCUT2D eigenvalue weighted by molar-refractivity contribution is 7.12. The number of fused-ring (bicyclic) bond motifs is 1. The zero-order valence-electron chi connectivity index (χ0n) is 17.6. The van der Waals surface area contributed by atoms with Gasteiger partial charge < -0.3 is 15.5 Å². The molecule has 1 unspecified atom stereocenters. The number of nitrogens with zero attached hydrogens (tertiary/aromatic N) is 3. The molecule has 2 aromatic carbocycles. The maximum absolute atomic E-state index is 14.9. The highest BCUT2D eigenvalue weighted by Crippen LogP contribution is 2.32. The smallest absolute Gasteiger partial charge is 0.261 e. The Bertz CT molecular complexity index is 1330. The molecule has 1 aliphatic rings. The zero-order valence-corrected chi connectivity index (χ0v) is 19.2. The number of aromatic nitrogens is 2. The topological polar surface area (TPSA) is 62.2 Å². The number of para-hydroxylation sites is 1. The van der Waals surface area contributed by atoms with Crippen molar-refractivity contribution >= 4 is 51.1 Å². The predicted octanol–water partition coefficient (Wildman–Crippen LogP) is 5.20. The summed E-state index contributed by atoms with van der Waals surface area (Å²) in [5.74, 6) is -1.28. The Morgan fingerprint density at radius 2 is 2.09 bits per heavy atom. The van der Waals surface area contributed by atoms with E-state index in [0.29, 0.717) is 21.5 Å². The van der Waals surface area contributed by atoms with Crippen molar-refractivity contribution in [3.8, 4) is 5.69 Å². The molecule has 0 bridgehead atoms. The van der Waals surface area contributed by atoms with Crippen molar-refractivity contribution in [2.24, 2.45) is 0 Å². The maximum Gasteiger partial charge on any atom is 0.261 e. The lowest BCUT2D eigenvalue weighted by molar-refractivity contribution is 0.0942. The molecule has 2 N–H and O–H groups in total. The molecular formula is C23H20ClF2N5OS. The van der Waals surface area contributed by atoms with E-state index in [9.17, 15) is 13.6 Å². The first kappa shape index (κ1) is 21.8. The Labute approximate surface area is 197 Å². The normalized spacial score (nSPS) is 16.4. The summed E-state index contributed by atoms with van der Waals surface area (Å²) < 4.78 is 30.6. The molecule has 0 radical (unpaired) electrons. The number of likely N-dealkylation sites (N-methyl/N-ethyl adjacent to an activating group) is 1. The summed E-state index contributed by atoms with van der Waals surface area (Å²) in [6.07, 6.45) is 2.52. The fraction of sp³-hybridized carbons (Fsp3) is 0.217. The summed E-state index contributed by atoms with van der Waals surface area (Å²) in [5, 5.41) is 12.8. The van der Waals surface area contributed by atoms with Gasteiger partial charge >= 0.3 is 0 Å². The molecule has 0 aliphatic carbocycles. The molecule has 1 atom stereocenters. The maximum atomic E-state index is 14.9. The standard InChI is InChI=1S/C23H20ClF2N5OS/c1-30-6-5-14(11-30)28-23(32)21-8-15(12-33-21)31-20-9-18(26)19(7-13(20)10-27-31)29-22-16(24)3-2-4-17(22)25/h2-4,7-10,12,14,29H,5-6,11H2,1H3,(H,28,32)/i25-1. The van der Waals surface area contributed by atoms with Crippen molar-refractivity contribution < 1.29 is 13.6 Å². The van der Waals surface area contributed by atoms with Gasteiger partial charge in [0.15, 0.2) is 0 Å². The molecule has 1 amide bonds. The van der Waals surface area contributed by atoms with Crippen molar-refractivity contribution in [1.82, 2.24) is 20.0 Å². The largest absolute Gasteiger partial charge is 0.350 e. The number of amides is 1. The van der Waals surface area contributed by atoms with Gasteiger partial charge in [0.05, 0.1) is 38.7 Å². The minimum atomic E-state index is -0.581. The van der Waals surface area contributed by atoms with Gasteiger partial charge in [-0.1, -0.05) is 17.7 Å². The molecule has 33 heavy (non-hydrogen) atoms. The number of likely N-dealkylation sites (tertiary alicyclic amines) is 1. The predicted molar refractivity (Wildman–Crippen MR) is 127 cm³/mol. The van der Waals surface area contributed by atoms with E-state index in [1.165, 1.54) is 35.6 Å². The van der Waals surface area contributed by atoms with Crippen molar-refractivity contribution in [2.75, 3.05) is 25.5 Å². The summed E-state index contributed by atoms with van der Waals surface area (Å²) in [4.78, 5) is 15.4. The van der Waals surface area contributed by atoms with Gasteiger partial charge in [0.2, 0.25) is 0 Å². The van der Waals surface area contributed by atoms with Crippen LogP contribution in [0.2, 0.25) is 5.02 Å². The number of anilines is 2. The van der Waals surface area contributed by atoms with Crippen LogP contribution in [0.1, 0.15) is 16.1 Å². The molecular weight excluding hydrogens is 467 g/mol. The number of carbonyl (C=O) groups excluding carboxylic acids is 1. The number of nitrogens with one attached hydrogen (secondary N) is 2. The van der Waals surface area contributed by atoms with Gasteiger partial charge in [0.1, 0.15) is 11.6 Å². The quantitative estimate of drug-likeness (QED) is 0.407. The van der Waals surface area contributed by atoms with Crippen LogP contribution < -0.4 is 10.6 Å². The van der Waals surface area contributed by atoms with E-state index >= 15 is 0 Å². The van der Waals surface area contributed by atoms with Gasteiger partial charge in [-0.2, -0.15) is 5.10 Å². The second kappa shape index (κ2) is 8.74. The van der Waals surface area contributed by atoms with Gasteiger partial charge in [-0.3, -0.25) is 4.79 Å². The molecule has 5 rings (SSSR count). The van der Waals surface area contributed by atoms with Crippen molar-refractivity contribution in [3.05, 3.63) is 69.5 Å². The number of benzene rings is 2. The Hall–Kier alpha value is -3.01. The van der Waals surface area contributed by atoms with Crippen LogP contribution in [0.3, 0.4) is 0 Å². The zero-order chi connectivity index (χ0) is 23.1. The fourth-order valence-electron chi connectivity index (χ4n) is 3.97. The third kappa shape index (κ3) is 4.31. The summed E-state index contributed by atoms with van der Waals surface area (Å²) in [6, 6.07) is 9.01. The molecule has 6 nitrogen and oxygen atoms in total. The van der Waals surface area contributed by atoms with Gasteiger partial charge in [0, 0.05) is 29.4 Å². The molecule has 170 valence electrons. The Morgan fingerprint density at radius 1 is 1.24 bits per heavy atom. The second-order valence-electron chi connectivity index (χ2n) is 8.06. The highest BCUT2D eigenvalue weighted by Gasteiger charge is 2.22. The summed E-state index contributed by atoms with van der Waals surface area (Å²) >= 11 is 7.36. The van der Waals surface area contributed by atoms with E-state index in [4.69, 9.17) is 11.6 Å². The van der Waals surface area contributed by atoms with Crippen molar-refractivity contribution in [2.45, 2.75) is 12.5 Å². The number of hydrogen-bond acceptors (Lipinski definition) is 5. The van der Waals surface area contributed by atoms with Gasteiger partial charge in [-0.05, 0) is 44.3 Å². The van der Waals surface area contributed by atoms with E-state index < -0.39 is 11.6 Å². The van der Waals surface area contributed by atoms with Crippen LogP contribution in [0, 0.1) is 11.6 Å². The van der Waals surface area contributed by atoms with Crippen LogP contribution in [0.15, 0.2) is 48.0 Å². The minimum Gasteiger partial charge on any atom is -0.350 e. The summed E-state index contributed by atoms with van der Waals surface area (Å²) in [5.41, 5.74) is 1.29. The van der Waals surface area contributed by atoms with Crippen molar-refractivity contribution in [3.63, 3.8) is 0 Å². The number of halogens is 3. The lowest BCUT2D eigenvalue weighted by atomic mass is 10.2. The Balaban J connectivity index is 1.40. The first-order valence-electron chi connectivity index (χ1n) is 10.4. The highest BCUT2D eigenvalue weighted by atomic mass is 35.5. The van der Waals surface area contributed by atoms with Gasteiger partial charge in [-0.25, -0.2) is 13.5 Å². The van der Waals surface area contributed by atoms with Crippen molar-refractivity contribution in [1.29, 1.82) is 0 Å². The summed E-state index contributed by atoms with van der Waals surface area (Å²) in [6.45, 7) is 1.80. The number of thiophene rings is 1. The van der Waals surface area contributed by atoms with Crippen LogP contribution in [0.5, 0.6) is 0 Å². The van der Waals surface area contributed by atoms with E-state index in [1.54, 1.807) is 23.0 Å². The molecule has 1 saturated heterocycles. The molecule has 0 saturated carbocycles. The van der Waals surface area contributed by atoms with E-state index in [-0.39, 0.29) is 28.3 Å². The van der Waals surface area contributed by atoms with Crippen LogP contribution in [0.4, 0.5) is 20.2 Å². The average molecular weight is 487 g/mol. The Morgan fingerprint density at radius 3 is 2.85 bits per heavy atom. The third-order valence-electron chi connectivity index (χ3n) is 5.66. The monoisotopic (exact) mass is 486 g/mol. The number of carbonyl (C=O) groups is 1. The molecule has 2 aromatic heterocycles. The van der Waals surface area contributed by atoms with Gasteiger partial charge in [0.25, 0.3) is 5.91 Å². The molecule has 1 fully saturated rings. The number of hydrogen-bond donors (Lipinski definition) is 2. The van der Waals surface area contributed by atoms with E-state index in [2.05, 4.69) is 20.6 Å². The lowest BCUT2D eigenvalue weighted by Gasteiger charge is -2.11. The molecule has 10 heteroatoms. The molecule has 3 heterocycles. The van der Waals surface area contributed by atoms with Gasteiger partial charge in [-0.15, -0.1) is 11.3 Å².